The average Bonchev–Trinajstić information content (AvgIpc) is 2.28. The molecule has 0 bridgehead atoms. The van der Waals surface area contributed by atoms with Crippen LogP contribution in [0.2, 0.25) is 0 Å². The van der Waals surface area contributed by atoms with Crippen LogP contribution in [-0.4, -0.2) is 56.0 Å². The summed E-state index contributed by atoms with van der Waals surface area (Å²) >= 11 is 0. The van der Waals surface area contributed by atoms with Crippen LogP contribution in [0.3, 0.4) is 0 Å². The van der Waals surface area contributed by atoms with Crippen LogP contribution in [0.25, 0.3) is 0 Å². The molecule has 0 radical (unpaired) electrons. The number of likely N-dealkylation sites (N-methyl/N-ethyl adjacent to an activating group) is 1. The molecule has 0 aromatic heterocycles. The summed E-state index contributed by atoms with van der Waals surface area (Å²) in [7, 11) is 3.88. The number of Topliss-reactive ketones (excluding diaryl/α,β-unsaturated/α-hetero) is 1. The molecule has 1 amide bonds. The number of ketones is 1. The number of hydrogen-bond acceptors (Lipinski definition) is 4. The Hall–Kier alpha value is -1.49. The molecule has 17 heavy (non-hydrogen) atoms. The highest BCUT2D eigenvalue weighted by Crippen LogP contribution is 2.08. The van der Waals surface area contributed by atoms with Gasteiger partial charge in [-0.15, -0.1) is 0 Å². The molecule has 1 aliphatic heterocycles. The first kappa shape index (κ1) is 13.6. The van der Waals surface area contributed by atoms with E-state index < -0.39 is 0 Å². The molecule has 0 fully saturated rings. The number of aliphatic imine (C=N–C) groups is 1. The van der Waals surface area contributed by atoms with E-state index in [-0.39, 0.29) is 11.7 Å². The van der Waals surface area contributed by atoms with E-state index in [1.165, 1.54) is 6.92 Å². The third-order valence-electron chi connectivity index (χ3n) is 2.43. The summed E-state index contributed by atoms with van der Waals surface area (Å²) in [6, 6.07) is 0. The second-order valence-electron chi connectivity index (χ2n) is 4.25. The molecular formula is C12H19N3O2. The quantitative estimate of drug-likeness (QED) is 0.733. The third kappa shape index (κ3) is 4.11. The van der Waals surface area contributed by atoms with Crippen LogP contribution >= 0.6 is 0 Å². The molecule has 1 rings (SSSR count). The zero-order valence-electron chi connectivity index (χ0n) is 10.6. The number of carbonyl (C=O) groups excluding carboxylic acids is 2. The molecule has 0 saturated heterocycles. The molecule has 0 unspecified atom stereocenters. The van der Waals surface area contributed by atoms with Gasteiger partial charge in [0.05, 0.1) is 5.57 Å². The highest BCUT2D eigenvalue weighted by Gasteiger charge is 2.21. The fourth-order valence-corrected chi connectivity index (χ4v) is 1.56. The van der Waals surface area contributed by atoms with Gasteiger partial charge in [-0.2, -0.15) is 0 Å². The zero-order chi connectivity index (χ0) is 12.8. The lowest BCUT2D eigenvalue weighted by Gasteiger charge is -2.14. The maximum absolute atomic E-state index is 11.9. The van der Waals surface area contributed by atoms with Crippen molar-refractivity contribution >= 4 is 17.4 Å². The van der Waals surface area contributed by atoms with Gasteiger partial charge >= 0.3 is 0 Å². The Bertz CT molecular complexity index is 370. The van der Waals surface area contributed by atoms with Gasteiger partial charge in [-0.25, -0.2) is 0 Å². The molecule has 0 spiro atoms. The fraction of sp³-hybridized carbons (Fsp3) is 0.583. The lowest BCUT2D eigenvalue weighted by Crippen LogP contribution is -2.36. The van der Waals surface area contributed by atoms with E-state index in [0.717, 1.165) is 6.54 Å². The Kier molecular flexibility index (Phi) is 5.03. The number of dihydropyridines is 1. The van der Waals surface area contributed by atoms with Gasteiger partial charge < -0.3 is 10.2 Å². The molecule has 1 heterocycles. The highest BCUT2D eigenvalue weighted by atomic mass is 16.2. The standard InChI is InChI=1S/C12H19N3O2/c1-9(16)11-10(5-4-6-13-11)12(17)14-7-8-15(2)3/h5H,4,6-8H2,1-3H3,(H,14,17). The molecule has 1 N–H and O–H groups in total. The topological polar surface area (TPSA) is 61.8 Å². The number of amides is 1. The number of carbonyl (C=O) groups is 2. The molecule has 94 valence electrons. The summed E-state index contributed by atoms with van der Waals surface area (Å²) < 4.78 is 0. The molecule has 1 aliphatic rings. The molecule has 0 aromatic carbocycles. The molecule has 0 aromatic rings. The van der Waals surface area contributed by atoms with Crippen molar-refractivity contribution in [3.05, 3.63) is 11.6 Å². The van der Waals surface area contributed by atoms with Crippen molar-refractivity contribution in [1.82, 2.24) is 10.2 Å². The van der Waals surface area contributed by atoms with Crippen LogP contribution in [0, 0.1) is 0 Å². The number of nitrogens with one attached hydrogen (secondary N) is 1. The predicted octanol–water partition coefficient (Wildman–Crippen LogP) is 0.0243. The molecule has 0 atom stereocenters. The molecular weight excluding hydrogens is 218 g/mol. The fourth-order valence-electron chi connectivity index (χ4n) is 1.56. The number of nitrogens with zero attached hydrogens (tertiary/aromatic N) is 2. The first-order chi connectivity index (χ1) is 8.02. The normalized spacial score (nSPS) is 15.3. The summed E-state index contributed by atoms with van der Waals surface area (Å²) in [6.07, 6.45) is 2.50. The Morgan fingerprint density at radius 1 is 1.47 bits per heavy atom. The highest BCUT2D eigenvalue weighted by molar-refractivity contribution is 6.51. The smallest absolute Gasteiger partial charge is 0.253 e. The van der Waals surface area contributed by atoms with Crippen molar-refractivity contribution in [2.24, 2.45) is 4.99 Å². The van der Waals surface area contributed by atoms with E-state index in [1.807, 2.05) is 19.0 Å². The van der Waals surface area contributed by atoms with Gasteiger partial charge in [0, 0.05) is 26.6 Å². The lowest BCUT2D eigenvalue weighted by atomic mass is 10.0. The monoisotopic (exact) mass is 237 g/mol. The summed E-state index contributed by atoms with van der Waals surface area (Å²) in [5.74, 6) is -0.362. The first-order valence-electron chi connectivity index (χ1n) is 5.71. The Labute approximate surface area is 102 Å². The maximum Gasteiger partial charge on any atom is 0.253 e. The van der Waals surface area contributed by atoms with Crippen LogP contribution in [-0.2, 0) is 9.59 Å². The zero-order valence-corrected chi connectivity index (χ0v) is 10.6. The molecule has 5 nitrogen and oxygen atoms in total. The summed E-state index contributed by atoms with van der Waals surface area (Å²) in [4.78, 5) is 29.3. The van der Waals surface area contributed by atoms with E-state index in [9.17, 15) is 9.59 Å². The molecule has 0 aliphatic carbocycles. The van der Waals surface area contributed by atoms with Crippen molar-refractivity contribution in [3.8, 4) is 0 Å². The second-order valence-corrected chi connectivity index (χ2v) is 4.25. The van der Waals surface area contributed by atoms with Gasteiger partial charge in [0.1, 0.15) is 5.71 Å². The minimum absolute atomic E-state index is 0.154. The Balaban J connectivity index is 2.59. The minimum atomic E-state index is -0.208. The van der Waals surface area contributed by atoms with Gasteiger partial charge in [-0.3, -0.25) is 14.6 Å². The first-order valence-corrected chi connectivity index (χ1v) is 5.71. The van der Waals surface area contributed by atoms with E-state index in [2.05, 4.69) is 10.3 Å². The predicted molar refractivity (Wildman–Crippen MR) is 67.2 cm³/mol. The van der Waals surface area contributed by atoms with E-state index in [4.69, 9.17) is 0 Å². The van der Waals surface area contributed by atoms with Crippen LogP contribution in [0.5, 0.6) is 0 Å². The second kappa shape index (κ2) is 6.30. The van der Waals surface area contributed by atoms with Gasteiger partial charge in [0.15, 0.2) is 5.78 Å². The van der Waals surface area contributed by atoms with Crippen molar-refractivity contribution < 1.29 is 9.59 Å². The van der Waals surface area contributed by atoms with Gasteiger partial charge in [-0.1, -0.05) is 6.08 Å². The van der Waals surface area contributed by atoms with Gasteiger partial charge in [-0.05, 0) is 20.5 Å². The third-order valence-corrected chi connectivity index (χ3v) is 2.43. The van der Waals surface area contributed by atoms with E-state index >= 15 is 0 Å². The summed E-state index contributed by atoms with van der Waals surface area (Å²) in [6.45, 7) is 3.36. The number of rotatable bonds is 5. The summed E-state index contributed by atoms with van der Waals surface area (Å²) in [5.41, 5.74) is 0.723. The van der Waals surface area contributed by atoms with Crippen LogP contribution in [0.15, 0.2) is 16.6 Å². The molecule has 0 saturated carbocycles. The summed E-state index contributed by atoms with van der Waals surface area (Å²) in [5, 5.41) is 2.79. The maximum atomic E-state index is 11.9. The lowest BCUT2D eigenvalue weighted by molar-refractivity contribution is -0.117. The minimum Gasteiger partial charge on any atom is -0.351 e. The van der Waals surface area contributed by atoms with Crippen molar-refractivity contribution in [2.45, 2.75) is 13.3 Å². The van der Waals surface area contributed by atoms with Crippen molar-refractivity contribution in [2.75, 3.05) is 33.7 Å². The molecule has 5 heteroatoms. The SMILES string of the molecule is CC(=O)C1=NCCC=C1C(=O)NCCN(C)C. The Morgan fingerprint density at radius 3 is 2.76 bits per heavy atom. The van der Waals surface area contributed by atoms with Crippen LogP contribution < -0.4 is 5.32 Å². The average molecular weight is 237 g/mol. The Morgan fingerprint density at radius 2 is 2.18 bits per heavy atom. The largest absolute Gasteiger partial charge is 0.351 e. The van der Waals surface area contributed by atoms with Gasteiger partial charge in [0.25, 0.3) is 5.91 Å². The number of hydrogen-bond donors (Lipinski definition) is 1. The van der Waals surface area contributed by atoms with E-state index in [0.29, 0.717) is 30.8 Å². The van der Waals surface area contributed by atoms with Gasteiger partial charge in [0.2, 0.25) is 0 Å². The van der Waals surface area contributed by atoms with Crippen molar-refractivity contribution in [3.63, 3.8) is 0 Å². The van der Waals surface area contributed by atoms with Crippen LogP contribution in [0.1, 0.15) is 13.3 Å². The van der Waals surface area contributed by atoms with Crippen LogP contribution in [0.4, 0.5) is 0 Å². The van der Waals surface area contributed by atoms with E-state index in [1.54, 1.807) is 6.08 Å². The van der Waals surface area contributed by atoms with Crippen molar-refractivity contribution in [1.29, 1.82) is 0 Å².